The molecule has 0 aliphatic heterocycles. The van der Waals surface area contributed by atoms with Crippen molar-refractivity contribution in [1.29, 1.82) is 0 Å². The lowest BCUT2D eigenvalue weighted by Gasteiger charge is -2.12. The van der Waals surface area contributed by atoms with E-state index in [1.807, 2.05) is 19.1 Å². The molecule has 2 nitrogen and oxygen atoms in total. The van der Waals surface area contributed by atoms with Crippen LogP contribution in [0.4, 0.5) is 0 Å². The molecule has 0 radical (unpaired) electrons. The number of aromatic hydroxyl groups is 1. The van der Waals surface area contributed by atoms with Crippen molar-refractivity contribution in [3.8, 4) is 11.5 Å². The van der Waals surface area contributed by atoms with Crippen molar-refractivity contribution < 1.29 is 9.84 Å². The van der Waals surface area contributed by atoms with Crippen LogP contribution >= 0.6 is 15.9 Å². The van der Waals surface area contributed by atoms with Gasteiger partial charge >= 0.3 is 0 Å². The third-order valence-electron chi connectivity index (χ3n) is 2.13. The Morgan fingerprint density at radius 3 is 2.79 bits per heavy atom. The Morgan fingerprint density at radius 1 is 1.64 bits per heavy atom. The molecule has 14 heavy (non-hydrogen) atoms. The molecule has 3 heteroatoms. The zero-order valence-corrected chi connectivity index (χ0v) is 9.89. The van der Waals surface area contributed by atoms with Gasteiger partial charge in [-0.25, -0.2) is 0 Å². The second-order valence-electron chi connectivity index (χ2n) is 3.02. The molecule has 0 unspecified atom stereocenters. The number of halogens is 1. The molecule has 76 valence electrons. The van der Waals surface area contributed by atoms with Crippen LogP contribution < -0.4 is 4.74 Å². The van der Waals surface area contributed by atoms with Gasteiger partial charge in [-0.05, 0) is 46.5 Å². The van der Waals surface area contributed by atoms with E-state index >= 15 is 0 Å². The van der Waals surface area contributed by atoms with Crippen molar-refractivity contribution in [2.45, 2.75) is 13.3 Å². The third-order valence-corrected chi connectivity index (χ3v) is 2.74. The highest BCUT2D eigenvalue weighted by atomic mass is 79.9. The first-order valence-corrected chi connectivity index (χ1v) is 5.07. The molecule has 1 rings (SSSR count). The first-order valence-electron chi connectivity index (χ1n) is 4.27. The summed E-state index contributed by atoms with van der Waals surface area (Å²) in [6.07, 6.45) is 2.59. The fraction of sp³-hybridized carbons (Fsp3) is 0.273. The Hall–Kier alpha value is -0.960. The van der Waals surface area contributed by atoms with Gasteiger partial charge in [0.1, 0.15) is 0 Å². The van der Waals surface area contributed by atoms with Crippen LogP contribution in [0.3, 0.4) is 0 Å². The molecule has 0 atom stereocenters. The van der Waals surface area contributed by atoms with Crippen molar-refractivity contribution in [2.24, 2.45) is 0 Å². The van der Waals surface area contributed by atoms with E-state index in [1.165, 1.54) is 0 Å². The van der Waals surface area contributed by atoms with Gasteiger partial charge in [-0.3, -0.25) is 0 Å². The number of ether oxygens (including phenoxy) is 1. The quantitative estimate of drug-likeness (QED) is 0.842. The Labute approximate surface area is 92.3 Å². The van der Waals surface area contributed by atoms with Crippen molar-refractivity contribution in [1.82, 2.24) is 0 Å². The van der Waals surface area contributed by atoms with Gasteiger partial charge in [0, 0.05) is 0 Å². The van der Waals surface area contributed by atoms with Crippen LogP contribution in [0.2, 0.25) is 0 Å². The molecule has 0 saturated carbocycles. The predicted octanol–water partition coefficient (Wildman–Crippen LogP) is 3.20. The third kappa shape index (κ3) is 1.93. The zero-order valence-electron chi connectivity index (χ0n) is 8.30. The van der Waals surface area contributed by atoms with E-state index < -0.39 is 0 Å². The maximum absolute atomic E-state index is 9.67. The number of benzene rings is 1. The highest BCUT2D eigenvalue weighted by Crippen LogP contribution is 2.38. The number of phenolic OH excluding ortho intramolecular Hbond substituents is 1. The maximum atomic E-state index is 9.67. The zero-order chi connectivity index (χ0) is 10.7. The SMILES string of the molecule is C=CCc1cc(Br)c(O)c(OC)c1C. The van der Waals surface area contributed by atoms with Gasteiger partial charge in [0.2, 0.25) is 0 Å². The Morgan fingerprint density at radius 2 is 2.29 bits per heavy atom. The molecule has 0 amide bonds. The molecule has 1 aromatic carbocycles. The van der Waals surface area contributed by atoms with Crippen molar-refractivity contribution in [3.63, 3.8) is 0 Å². The minimum atomic E-state index is 0.151. The van der Waals surface area contributed by atoms with E-state index in [4.69, 9.17) is 4.74 Å². The molecule has 0 heterocycles. The predicted molar refractivity (Wildman–Crippen MR) is 61.0 cm³/mol. The van der Waals surface area contributed by atoms with Gasteiger partial charge in [0.05, 0.1) is 11.6 Å². The molecule has 0 fully saturated rings. The minimum absolute atomic E-state index is 0.151. The summed E-state index contributed by atoms with van der Waals surface area (Å²) in [4.78, 5) is 0. The summed E-state index contributed by atoms with van der Waals surface area (Å²) in [5, 5.41) is 9.67. The normalized spacial score (nSPS) is 9.93. The van der Waals surface area contributed by atoms with Gasteiger partial charge in [0.15, 0.2) is 11.5 Å². The minimum Gasteiger partial charge on any atom is -0.503 e. The van der Waals surface area contributed by atoms with E-state index in [2.05, 4.69) is 22.5 Å². The fourth-order valence-electron chi connectivity index (χ4n) is 1.38. The van der Waals surface area contributed by atoms with Crippen molar-refractivity contribution in [2.75, 3.05) is 7.11 Å². The second kappa shape index (κ2) is 4.51. The molecule has 0 bridgehead atoms. The van der Waals surface area contributed by atoms with Crippen molar-refractivity contribution >= 4 is 15.9 Å². The fourth-order valence-corrected chi connectivity index (χ4v) is 1.84. The molecule has 0 aliphatic carbocycles. The molecule has 0 aliphatic rings. The number of rotatable bonds is 3. The van der Waals surface area contributed by atoms with Crippen LogP contribution in [0.15, 0.2) is 23.2 Å². The first-order chi connectivity index (χ1) is 6.61. The number of hydrogen-bond donors (Lipinski definition) is 1. The molecule has 0 aromatic heterocycles. The summed E-state index contributed by atoms with van der Waals surface area (Å²) in [6.45, 7) is 5.61. The number of methoxy groups -OCH3 is 1. The monoisotopic (exact) mass is 256 g/mol. The van der Waals surface area contributed by atoms with Gasteiger partial charge in [0.25, 0.3) is 0 Å². The second-order valence-corrected chi connectivity index (χ2v) is 3.87. The van der Waals surface area contributed by atoms with Gasteiger partial charge in [-0.1, -0.05) is 6.08 Å². The molecule has 1 aromatic rings. The average Bonchev–Trinajstić information content (AvgIpc) is 2.16. The van der Waals surface area contributed by atoms with Crippen LogP contribution in [0.5, 0.6) is 11.5 Å². The number of hydrogen-bond acceptors (Lipinski definition) is 2. The first kappa shape index (κ1) is 11.1. The van der Waals surface area contributed by atoms with Crippen LogP contribution in [-0.2, 0) is 6.42 Å². The van der Waals surface area contributed by atoms with Crippen LogP contribution in [-0.4, -0.2) is 12.2 Å². The lowest BCUT2D eigenvalue weighted by molar-refractivity contribution is 0.369. The van der Waals surface area contributed by atoms with Crippen LogP contribution in [0.1, 0.15) is 11.1 Å². The summed E-state index contributed by atoms with van der Waals surface area (Å²) in [5.74, 6) is 0.675. The Balaban J connectivity index is 3.34. The van der Waals surface area contributed by atoms with Gasteiger partial charge in [-0.2, -0.15) is 0 Å². The highest BCUT2D eigenvalue weighted by molar-refractivity contribution is 9.10. The summed E-state index contributed by atoms with van der Waals surface area (Å²) in [5.41, 5.74) is 2.05. The topological polar surface area (TPSA) is 29.5 Å². The number of phenols is 1. The van der Waals surface area contributed by atoms with E-state index in [9.17, 15) is 5.11 Å². The van der Waals surface area contributed by atoms with Crippen LogP contribution in [0, 0.1) is 6.92 Å². The van der Waals surface area contributed by atoms with E-state index in [0.717, 1.165) is 17.5 Å². The van der Waals surface area contributed by atoms with E-state index in [-0.39, 0.29) is 5.75 Å². The summed E-state index contributed by atoms with van der Waals surface area (Å²) < 4.78 is 5.78. The Bertz CT molecular complexity index is 359. The standard InChI is InChI=1S/C11H13BrO2/c1-4-5-8-6-9(12)10(13)11(14-3)7(8)2/h4,6,13H,1,5H2,2-3H3. The van der Waals surface area contributed by atoms with Crippen LogP contribution in [0.25, 0.3) is 0 Å². The van der Waals surface area contributed by atoms with E-state index in [1.54, 1.807) is 7.11 Å². The van der Waals surface area contributed by atoms with Gasteiger partial charge in [-0.15, -0.1) is 6.58 Å². The molecule has 0 spiro atoms. The smallest absolute Gasteiger partial charge is 0.172 e. The molecule has 0 saturated heterocycles. The lowest BCUT2D eigenvalue weighted by atomic mass is 10.0. The van der Waals surface area contributed by atoms with Crippen molar-refractivity contribution in [3.05, 3.63) is 34.3 Å². The Kier molecular flexibility index (Phi) is 3.58. The van der Waals surface area contributed by atoms with Gasteiger partial charge < -0.3 is 9.84 Å². The summed E-state index contributed by atoms with van der Waals surface area (Å²) in [7, 11) is 1.55. The summed E-state index contributed by atoms with van der Waals surface area (Å²) >= 11 is 3.28. The molecular formula is C11H13BrO2. The maximum Gasteiger partial charge on any atom is 0.172 e. The number of allylic oxidation sites excluding steroid dienone is 1. The summed E-state index contributed by atoms with van der Waals surface area (Å²) in [6, 6.07) is 1.88. The molecular weight excluding hydrogens is 244 g/mol. The highest BCUT2D eigenvalue weighted by Gasteiger charge is 2.12. The van der Waals surface area contributed by atoms with E-state index in [0.29, 0.717) is 10.2 Å². The lowest BCUT2D eigenvalue weighted by Crippen LogP contribution is -1.94. The average molecular weight is 257 g/mol. The largest absolute Gasteiger partial charge is 0.503 e. The molecule has 1 N–H and O–H groups in total.